The molecule has 0 saturated heterocycles. The smallest absolute Gasteiger partial charge is 0.387 e. The van der Waals surface area contributed by atoms with E-state index in [4.69, 9.17) is 10.5 Å². The zero-order chi connectivity index (χ0) is 15.2. The van der Waals surface area contributed by atoms with Gasteiger partial charge in [0.05, 0.1) is 11.8 Å². The second kappa shape index (κ2) is 6.80. The largest absolute Gasteiger partial charge is 0.439 e. The van der Waals surface area contributed by atoms with Crippen LogP contribution in [-0.2, 0) is 17.9 Å². The van der Waals surface area contributed by atoms with Crippen molar-refractivity contribution in [3.05, 3.63) is 36.0 Å². The van der Waals surface area contributed by atoms with E-state index in [1.54, 1.807) is 12.1 Å². The van der Waals surface area contributed by atoms with Crippen LogP contribution in [-0.4, -0.2) is 22.7 Å². The summed E-state index contributed by atoms with van der Waals surface area (Å²) >= 11 is 0. The van der Waals surface area contributed by atoms with Gasteiger partial charge in [-0.2, -0.15) is 13.9 Å². The van der Waals surface area contributed by atoms with Gasteiger partial charge >= 0.3 is 6.61 Å². The highest BCUT2D eigenvalue weighted by molar-refractivity contribution is 5.50. The van der Waals surface area contributed by atoms with E-state index < -0.39 is 6.61 Å². The van der Waals surface area contributed by atoms with Gasteiger partial charge in [-0.15, -0.1) is 0 Å². The van der Waals surface area contributed by atoms with Crippen molar-refractivity contribution in [2.24, 2.45) is 5.73 Å². The molecule has 0 radical (unpaired) electrons. The lowest BCUT2D eigenvalue weighted by molar-refractivity contribution is -0.108. The van der Waals surface area contributed by atoms with E-state index in [2.05, 4.69) is 9.84 Å². The van der Waals surface area contributed by atoms with Gasteiger partial charge < -0.3 is 20.0 Å². The van der Waals surface area contributed by atoms with Crippen molar-refractivity contribution in [1.29, 1.82) is 0 Å². The van der Waals surface area contributed by atoms with Crippen LogP contribution >= 0.6 is 0 Å². The molecule has 0 aliphatic rings. The van der Waals surface area contributed by atoms with Crippen molar-refractivity contribution in [3.63, 3.8) is 0 Å². The highest BCUT2D eigenvalue weighted by Crippen LogP contribution is 2.32. The van der Waals surface area contributed by atoms with E-state index in [9.17, 15) is 13.6 Å². The van der Waals surface area contributed by atoms with E-state index in [0.717, 1.165) is 0 Å². The number of aldehydes is 1. The molecule has 1 heterocycles. The Balaban J connectivity index is 2.30. The summed E-state index contributed by atoms with van der Waals surface area (Å²) in [6.07, 6.45) is 2.13. The Morgan fingerprint density at radius 2 is 2.10 bits per heavy atom. The summed E-state index contributed by atoms with van der Waals surface area (Å²) in [5.74, 6) is 0.515. The zero-order valence-corrected chi connectivity index (χ0v) is 10.9. The van der Waals surface area contributed by atoms with Crippen LogP contribution in [0.5, 0.6) is 17.4 Å². The molecule has 0 amide bonds. The number of hydrogen-bond acceptors (Lipinski definition) is 5. The molecule has 112 valence electrons. The summed E-state index contributed by atoms with van der Waals surface area (Å²) in [4.78, 5) is 10.5. The first-order valence-corrected chi connectivity index (χ1v) is 6.05. The predicted octanol–water partition coefficient (Wildman–Crippen LogP) is 1.93. The minimum absolute atomic E-state index is 0.0213. The lowest BCUT2D eigenvalue weighted by Gasteiger charge is -2.14. The fourth-order valence-electron chi connectivity index (χ4n) is 1.78. The third kappa shape index (κ3) is 3.54. The Labute approximate surface area is 119 Å². The Bertz CT molecular complexity index is 616. The number of alkyl halides is 2. The second-order valence-corrected chi connectivity index (χ2v) is 3.94. The summed E-state index contributed by atoms with van der Waals surface area (Å²) in [7, 11) is 0. The van der Waals surface area contributed by atoms with Gasteiger partial charge in [0.15, 0.2) is 0 Å². The van der Waals surface area contributed by atoms with E-state index in [1.807, 2.05) is 0 Å². The van der Waals surface area contributed by atoms with E-state index in [0.29, 0.717) is 17.7 Å². The lowest BCUT2D eigenvalue weighted by atomic mass is 10.2. The summed E-state index contributed by atoms with van der Waals surface area (Å²) in [6, 6.07) is 6.00. The standard InChI is InChI=1S/C13H13F2N3O3/c14-13(15)21-11-3-1-2-10(9(11)8-16)20-12-4-5-17-18(12)6-7-19/h1-5,7,13H,6,8,16H2. The number of carbonyl (C=O) groups is 1. The number of benzene rings is 1. The first-order valence-electron chi connectivity index (χ1n) is 6.05. The van der Waals surface area contributed by atoms with Crippen LogP contribution in [0, 0.1) is 0 Å². The number of ether oxygens (including phenoxy) is 2. The van der Waals surface area contributed by atoms with Gasteiger partial charge in [0.25, 0.3) is 0 Å². The summed E-state index contributed by atoms with van der Waals surface area (Å²) in [5, 5.41) is 3.91. The molecule has 2 rings (SSSR count). The van der Waals surface area contributed by atoms with Crippen molar-refractivity contribution >= 4 is 6.29 Å². The molecule has 0 unspecified atom stereocenters. The van der Waals surface area contributed by atoms with E-state index in [1.165, 1.54) is 23.0 Å². The first kappa shape index (κ1) is 14.9. The molecule has 2 N–H and O–H groups in total. The molecule has 0 bridgehead atoms. The number of carbonyl (C=O) groups excluding carboxylic acids is 1. The number of halogens is 2. The minimum Gasteiger partial charge on any atom is -0.439 e. The van der Waals surface area contributed by atoms with Crippen molar-refractivity contribution in [2.75, 3.05) is 0 Å². The lowest BCUT2D eigenvalue weighted by Crippen LogP contribution is -2.09. The fraction of sp³-hybridized carbons (Fsp3) is 0.231. The molecule has 0 atom stereocenters. The number of nitrogens with zero attached hydrogens (tertiary/aromatic N) is 2. The van der Waals surface area contributed by atoms with E-state index >= 15 is 0 Å². The van der Waals surface area contributed by atoms with Gasteiger partial charge in [0.2, 0.25) is 5.88 Å². The Kier molecular flexibility index (Phi) is 4.83. The van der Waals surface area contributed by atoms with Gasteiger partial charge in [0.1, 0.15) is 24.3 Å². The highest BCUT2D eigenvalue weighted by atomic mass is 19.3. The predicted molar refractivity (Wildman–Crippen MR) is 69.3 cm³/mol. The molecular weight excluding hydrogens is 284 g/mol. The normalized spacial score (nSPS) is 10.7. The summed E-state index contributed by atoms with van der Waals surface area (Å²) in [5.41, 5.74) is 5.87. The molecule has 1 aromatic carbocycles. The molecule has 0 aliphatic carbocycles. The van der Waals surface area contributed by atoms with Crippen molar-refractivity contribution < 1.29 is 23.0 Å². The number of nitrogens with two attached hydrogens (primary N) is 1. The maximum atomic E-state index is 12.4. The monoisotopic (exact) mass is 297 g/mol. The molecule has 0 fully saturated rings. The number of aromatic nitrogens is 2. The van der Waals surface area contributed by atoms with Crippen LogP contribution in [0.15, 0.2) is 30.5 Å². The SMILES string of the molecule is NCc1c(Oc2ccnn2CC=O)cccc1OC(F)F. The van der Waals surface area contributed by atoms with Gasteiger partial charge in [-0.25, -0.2) is 4.68 Å². The Hall–Kier alpha value is -2.48. The average Bonchev–Trinajstić information content (AvgIpc) is 2.86. The third-order valence-electron chi connectivity index (χ3n) is 2.65. The number of rotatable bonds is 7. The highest BCUT2D eigenvalue weighted by Gasteiger charge is 2.15. The summed E-state index contributed by atoms with van der Waals surface area (Å²) in [6.45, 7) is -2.97. The average molecular weight is 297 g/mol. The topological polar surface area (TPSA) is 79.4 Å². The van der Waals surface area contributed by atoms with Gasteiger partial charge in [-0.05, 0) is 12.1 Å². The maximum Gasteiger partial charge on any atom is 0.387 e. The van der Waals surface area contributed by atoms with Gasteiger partial charge in [-0.3, -0.25) is 0 Å². The van der Waals surface area contributed by atoms with Crippen molar-refractivity contribution in [1.82, 2.24) is 9.78 Å². The molecule has 8 heteroatoms. The van der Waals surface area contributed by atoms with Crippen LogP contribution in [0.1, 0.15) is 5.56 Å². The molecule has 0 aliphatic heterocycles. The first-order chi connectivity index (χ1) is 10.2. The van der Waals surface area contributed by atoms with Crippen LogP contribution in [0.25, 0.3) is 0 Å². The molecule has 6 nitrogen and oxygen atoms in total. The number of hydrogen-bond donors (Lipinski definition) is 1. The van der Waals surface area contributed by atoms with Crippen molar-refractivity contribution in [3.8, 4) is 17.4 Å². The van der Waals surface area contributed by atoms with E-state index in [-0.39, 0.29) is 24.6 Å². The molecule has 1 aromatic heterocycles. The minimum atomic E-state index is -2.95. The zero-order valence-electron chi connectivity index (χ0n) is 10.9. The molecular formula is C13H13F2N3O3. The van der Waals surface area contributed by atoms with Crippen molar-refractivity contribution in [2.45, 2.75) is 19.7 Å². The molecule has 21 heavy (non-hydrogen) atoms. The van der Waals surface area contributed by atoms with Gasteiger partial charge in [0, 0.05) is 12.6 Å². The summed E-state index contributed by atoms with van der Waals surface area (Å²) < 4.78 is 36.0. The Morgan fingerprint density at radius 1 is 1.33 bits per heavy atom. The molecule has 0 saturated carbocycles. The van der Waals surface area contributed by atoms with Crippen LogP contribution < -0.4 is 15.2 Å². The third-order valence-corrected chi connectivity index (χ3v) is 2.65. The molecule has 0 spiro atoms. The van der Waals surface area contributed by atoms with Crippen LogP contribution in [0.4, 0.5) is 8.78 Å². The van der Waals surface area contributed by atoms with Crippen LogP contribution in [0.3, 0.4) is 0 Å². The fourth-order valence-corrected chi connectivity index (χ4v) is 1.78. The van der Waals surface area contributed by atoms with Gasteiger partial charge in [-0.1, -0.05) is 6.07 Å². The second-order valence-electron chi connectivity index (χ2n) is 3.94. The quantitative estimate of drug-likeness (QED) is 0.790. The van der Waals surface area contributed by atoms with Crippen LogP contribution in [0.2, 0.25) is 0 Å². The molecule has 2 aromatic rings. The maximum absolute atomic E-state index is 12.4. The Morgan fingerprint density at radius 3 is 2.76 bits per heavy atom.